The quantitative estimate of drug-likeness (QED) is 0.844. The van der Waals surface area contributed by atoms with Crippen LogP contribution in [0.5, 0.6) is 0 Å². The molecule has 0 bridgehead atoms. The lowest BCUT2D eigenvalue weighted by molar-refractivity contribution is -0.131. The Hall–Kier alpha value is -1.33. The average Bonchev–Trinajstić information content (AvgIpc) is 2.21. The smallest absolute Gasteiger partial charge is 0.328 e. The van der Waals surface area contributed by atoms with Crippen molar-refractivity contribution in [3.05, 3.63) is 39.8 Å². The molecule has 0 aliphatic carbocycles. The first-order valence-electron chi connectivity index (χ1n) is 4.16. The van der Waals surface area contributed by atoms with Crippen molar-refractivity contribution in [1.82, 2.24) is 0 Å². The molecule has 0 atom stereocenters. The van der Waals surface area contributed by atoms with Gasteiger partial charge in [-0.15, -0.1) is 0 Å². The van der Waals surface area contributed by atoms with Crippen LogP contribution in [-0.2, 0) is 9.59 Å². The fraction of sp³-hybridized carbons (Fsp3) is 0. The lowest BCUT2D eigenvalue weighted by atomic mass is 10.3. The number of benzene rings is 1. The number of carbonyl (C=O) groups is 2. The van der Waals surface area contributed by atoms with Gasteiger partial charge in [0, 0.05) is 22.3 Å². The number of carboxylic acid groups (broad SMARTS) is 1. The third kappa shape index (κ3) is 4.04. The van der Waals surface area contributed by atoms with Crippen LogP contribution in [0.2, 0.25) is 5.02 Å². The highest BCUT2D eigenvalue weighted by molar-refractivity contribution is 9.10. The molecular weight excluding hydrogens is 297 g/mol. The molecule has 16 heavy (non-hydrogen) atoms. The average molecular weight is 305 g/mol. The summed E-state index contributed by atoms with van der Waals surface area (Å²) in [4.78, 5) is 21.4. The molecule has 4 nitrogen and oxygen atoms in total. The lowest BCUT2D eigenvalue weighted by Gasteiger charge is -2.03. The van der Waals surface area contributed by atoms with E-state index in [1.807, 2.05) is 0 Å². The van der Waals surface area contributed by atoms with Crippen molar-refractivity contribution in [2.75, 3.05) is 5.32 Å². The monoisotopic (exact) mass is 303 g/mol. The fourth-order valence-electron chi connectivity index (χ4n) is 0.905. The Morgan fingerprint density at radius 1 is 1.38 bits per heavy atom. The standard InChI is InChI=1S/C10H7BrClNO3/c11-7-5-6(1-2-8(7)12)13-9(14)3-4-10(15)16/h1-5H,(H,13,14)(H,15,16). The maximum atomic E-state index is 11.2. The number of halogens is 2. The van der Waals surface area contributed by atoms with Crippen LogP contribution in [0, 0.1) is 0 Å². The summed E-state index contributed by atoms with van der Waals surface area (Å²) in [6, 6.07) is 4.84. The van der Waals surface area contributed by atoms with E-state index >= 15 is 0 Å². The minimum atomic E-state index is -1.17. The van der Waals surface area contributed by atoms with Crippen molar-refractivity contribution >= 4 is 45.1 Å². The highest BCUT2D eigenvalue weighted by atomic mass is 79.9. The van der Waals surface area contributed by atoms with E-state index in [9.17, 15) is 9.59 Å². The Bertz CT molecular complexity index is 459. The predicted molar refractivity (Wildman–Crippen MR) is 64.6 cm³/mol. The third-order valence-corrected chi connectivity index (χ3v) is 2.78. The van der Waals surface area contributed by atoms with Crippen LogP contribution in [-0.4, -0.2) is 17.0 Å². The van der Waals surface area contributed by atoms with E-state index in [1.165, 1.54) is 0 Å². The predicted octanol–water partition coefficient (Wildman–Crippen LogP) is 2.68. The molecule has 1 aromatic carbocycles. The fourth-order valence-corrected chi connectivity index (χ4v) is 1.40. The van der Waals surface area contributed by atoms with Gasteiger partial charge in [0.25, 0.3) is 0 Å². The molecule has 0 radical (unpaired) electrons. The van der Waals surface area contributed by atoms with Gasteiger partial charge in [0.1, 0.15) is 0 Å². The van der Waals surface area contributed by atoms with E-state index < -0.39 is 11.9 Å². The number of carbonyl (C=O) groups excluding carboxylic acids is 1. The first kappa shape index (κ1) is 12.7. The summed E-state index contributed by atoms with van der Waals surface area (Å²) in [6.45, 7) is 0. The number of hydrogen-bond donors (Lipinski definition) is 2. The van der Waals surface area contributed by atoms with Gasteiger partial charge in [-0.3, -0.25) is 4.79 Å². The Balaban J connectivity index is 2.70. The van der Waals surface area contributed by atoms with Crippen molar-refractivity contribution in [3.8, 4) is 0 Å². The van der Waals surface area contributed by atoms with Gasteiger partial charge in [0.05, 0.1) is 5.02 Å². The van der Waals surface area contributed by atoms with Gasteiger partial charge in [-0.25, -0.2) is 4.79 Å². The second-order valence-electron chi connectivity index (χ2n) is 2.79. The van der Waals surface area contributed by atoms with Crippen molar-refractivity contribution < 1.29 is 14.7 Å². The number of carboxylic acids is 1. The molecule has 84 valence electrons. The first-order chi connectivity index (χ1) is 7.49. The Morgan fingerprint density at radius 2 is 2.06 bits per heavy atom. The van der Waals surface area contributed by atoms with E-state index in [0.29, 0.717) is 15.2 Å². The molecule has 0 spiro atoms. The van der Waals surface area contributed by atoms with Crippen LogP contribution in [0.1, 0.15) is 0 Å². The van der Waals surface area contributed by atoms with Crippen LogP contribution in [0.15, 0.2) is 34.8 Å². The number of aliphatic carboxylic acids is 1. The SMILES string of the molecule is O=C(O)C=CC(=O)Nc1ccc(Cl)c(Br)c1. The molecular formula is C10H7BrClNO3. The van der Waals surface area contributed by atoms with E-state index in [-0.39, 0.29) is 0 Å². The van der Waals surface area contributed by atoms with E-state index in [0.717, 1.165) is 12.2 Å². The maximum Gasteiger partial charge on any atom is 0.328 e. The number of nitrogens with one attached hydrogen (secondary N) is 1. The van der Waals surface area contributed by atoms with Crippen LogP contribution < -0.4 is 5.32 Å². The number of amides is 1. The molecule has 6 heteroatoms. The van der Waals surface area contributed by atoms with Gasteiger partial charge >= 0.3 is 5.97 Å². The summed E-state index contributed by atoms with van der Waals surface area (Å²) < 4.78 is 0.647. The first-order valence-corrected chi connectivity index (χ1v) is 5.33. The molecule has 2 N–H and O–H groups in total. The molecule has 0 aliphatic heterocycles. The largest absolute Gasteiger partial charge is 0.478 e. The zero-order valence-corrected chi connectivity index (χ0v) is 10.2. The highest BCUT2D eigenvalue weighted by Gasteiger charge is 2.01. The van der Waals surface area contributed by atoms with Crippen molar-refractivity contribution in [2.45, 2.75) is 0 Å². The number of hydrogen-bond acceptors (Lipinski definition) is 2. The van der Waals surface area contributed by atoms with E-state index in [4.69, 9.17) is 16.7 Å². The van der Waals surface area contributed by atoms with Gasteiger partial charge in [-0.05, 0) is 34.1 Å². The lowest BCUT2D eigenvalue weighted by Crippen LogP contribution is -2.08. The topological polar surface area (TPSA) is 66.4 Å². The van der Waals surface area contributed by atoms with Gasteiger partial charge in [0.2, 0.25) is 5.91 Å². The summed E-state index contributed by atoms with van der Waals surface area (Å²) in [5.41, 5.74) is 0.524. The minimum Gasteiger partial charge on any atom is -0.478 e. The van der Waals surface area contributed by atoms with Gasteiger partial charge in [-0.2, -0.15) is 0 Å². The van der Waals surface area contributed by atoms with Gasteiger partial charge < -0.3 is 10.4 Å². The third-order valence-electron chi connectivity index (χ3n) is 1.56. The van der Waals surface area contributed by atoms with E-state index in [2.05, 4.69) is 21.2 Å². The normalized spacial score (nSPS) is 10.4. The summed E-state index contributed by atoms with van der Waals surface area (Å²) in [6.07, 6.45) is 1.70. The molecule has 1 rings (SSSR count). The zero-order chi connectivity index (χ0) is 12.1. The molecule has 1 aromatic rings. The molecule has 0 fully saturated rings. The minimum absolute atomic E-state index is 0.517. The second kappa shape index (κ2) is 5.67. The Kier molecular flexibility index (Phi) is 4.52. The van der Waals surface area contributed by atoms with Crippen LogP contribution in [0.4, 0.5) is 5.69 Å². The summed E-state index contributed by atoms with van der Waals surface area (Å²) in [5, 5.41) is 11.3. The molecule has 0 heterocycles. The van der Waals surface area contributed by atoms with Crippen molar-refractivity contribution in [2.24, 2.45) is 0 Å². The molecule has 0 unspecified atom stereocenters. The second-order valence-corrected chi connectivity index (χ2v) is 4.05. The molecule has 0 saturated heterocycles. The maximum absolute atomic E-state index is 11.2. The van der Waals surface area contributed by atoms with Crippen LogP contribution in [0.3, 0.4) is 0 Å². The van der Waals surface area contributed by atoms with Crippen molar-refractivity contribution in [1.29, 1.82) is 0 Å². The van der Waals surface area contributed by atoms with Crippen LogP contribution in [0.25, 0.3) is 0 Å². The van der Waals surface area contributed by atoms with Crippen molar-refractivity contribution in [3.63, 3.8) is 0 Å². The zero-order valence-electron chi connectivity index (χ0n) is 7.91. The molecule has 1 amide bonds. The molecule has 0 aliphatic rings. The highest BCUT2D eigenvalue weighted by Crippen LogP contribution is 2.25. The Labute approximate surface area is 105 Å². The Morgan fingerprint density at radius 3 is 2.62 bits per heavy atom. The summed E-state index contributed by atoms with van der Waals surface area (Å²) in [7, 11) is 0. The number of rotatable bonds is 3. The van der Waals surface area contributed by atoms with Crippen LogP contribution >= 0.6 is 27.5 Å². The number of anilines is 1. The van der Waals surface area contributed by atoms with E-state index in [1.54, 1.807) is 18.2 Å². The summed E-state index contributed by atoms with van der Waals surface area (Å²) >= 11 is 8.97. The van der Waals surface area contributed by atoms with Gasteiger partial charge in [-0.1, -0.05) is 11.6 Å². The summed E-state index contributed by atoms with van der Waals surface area (Å²) in [5.74, 6) is -1.69. The molecule has 0 aromatic heterocycles. The molecule has 0 saturated carbocycles. The van der Waals surface area contributed by atoms with Gasteiger partial charge in [0.15, 0.2) is 0 Å².